The van der Waals surface area contributed by atoms with E-state index in [4.69, 9.17) is 0 Å². The fourth-order valence-corrected chi connectivity index (χ4v) is 2.67. The van der Waals surface area contributed by atoms with Gasteiger partial charge in [0.2, 0.25) is 0 Å². The van der Waals surface area contributed by atoms with E-state index < -0.39 is 0 Å². The second-order valence-corrected chi connectivity index (χ2v) is 5.21. The molecule has 1 aliphatic carbocycles. The van der Waals surface area contributed by atoms with Gasteiger partial charge < -0.3 is 0 Å². The number of nitro groups is 1. The van der Waals surface area contributed by atoms with Crippen molar-refractivity contribution in [1.29, 1.82) is 0 Å². The summed E-state index contributed by atoms with van der Waals surface area (Å²) in [6, 6.07) is 3.48. The molecule has 1 fully saturated rings. The van der Waals surface area contributed by atoms with Gasteiger partial charge in [-0.05, 0) is 30.7 Å². The van der Waals surface area contributed by atoms with E-state index in [0.29, 0.717) is 23.7 Å². The normalized spacial score (nSPS) is 27.8. The van der Waals surface area contributed by atoms with Gasteiger partial charge >= 0.3 is 11.5 Å². The number of H-pyrrole nitrogens is 1. The zero-order chi connectivity index (χ0) is 13.1. The number of aromatic nitrogens is 1. The summed E-state index contributed by atoms with van der Waals surface area (Å²) in [6.07, 6.45) is 5.22. The van der Waals surface area contributed by atoms with E-state index in [1.54, 1.807) is 12.3 Å². The molecule has 18 heavy (non-hydrogen) atoms. The van der Waals surface area contributed by atoms with Crippen molar-refractivity contribution >= 4 is 11.5 Å². The minimum atomic E-state index is -0.351. The molecule has 1 saturated carbocycles. The molecule has 0 saturated heterocycles. The van der Waals surface area contributed by atoms with Crippen LogP contribution in [0.5, 0.6) is 0 Å². The first-order chi connectivity index (χ1) is 8.59. The van der Waals surface area contributed by atoms with E-state index >= 15 is 0 Å². The predicted molar refractivity (Wildman–Crippen MR) is 69.2 cm³/mol. The maximum atomic E-state index is 11.0. The molecule has 2 rings (SSSR count). The van der Waals surface area contributed by atoms with E-state index in [9.17, 15) is 10.1 Å². The lowest BCUT2D eigenvalue weighted by atomic mass is 9.78. The van der Waals surface area contributed by atoms with Gasteiger partial charge in [-0.15, -0.1) is 0 Å². The maximum absolute atomic E-state index is 11.0. The highest BCUT2D eigenvalue weighted by atomic mass is 16.6. The van der Waals surface area contributed by atoms with E-state index in [2.05, 4.69) is 24.1 Å². The predicted octanol–water partition coefficient (Wildman–Crippen LogP) is 2.65. The van der Waals surface area contributed by atoms with Gasteiger partial charge in [0.1, 0.15) is 0 Å². The Hall–Kier alpha value is -1.65. The number of hydrogen-bond acceptors (Lipinski definition) is 3. The summed E-state index contributed by atoms with van der Waals surface area (Å²) in [7, 11) is 0. The van der Waals surface area contributed by atoms with Crippen LogP contribution in [0.2, 0.25) is 0 Å². The van der Waals surface area contributed by atoms with Crippen molar-refractivity contribution < 1.29 is 9.91 Å². The third kappa shape index (κ3) is 2.60. The topological polar surface area (TPSA) is 69.3 Å². The first-order valence-corrected chi connectivity index (χ1v) is 6.51. The van der Waals surface area contributed by atoms with Crippen LogP contribution in [0, 0.1) is 22.0 Å². The number of anilines is 1. The van der Waals surface area contributed by atoms with Crippen LogP contribution >= 0.6 is 0 Å². The number of pyridine rings is 1. The molecule has 1 aromatic rings. The lowest BCUT2D eigenvalue weighted by Crippen LogP contribution is -2.36. The summed E-state index contributed by atoms with van der Waals surface area (Å²) >= 11 is 0. The Kier molecular flexibility index (Phi) is 3.79. The Morgan fingerprint density at radius 1 is 1.44 bits per heavy atom. The highest BCUT2D eigenvalue weighted by molar-refractivity contribution is 5.51. The molecule has 0 aliphatic heterocycles. The molecule has 0 unspecified atom stereocenters. The Morgan fingerprint density at radius 3 is 2.94 bits per heavy atom. The van der Waals surface area contributed by atoms with Gasteiger partial charge in [-0.3, -0.25) is 15.4 Å². The molecule has 1 aliphatic rings. The van der Waals surface area contributed by atoms with E-state index in [1.807, 2.05) is 0 Å². The Balaban J connectivity index is 2.16. The molecule has 0 bridgehead atoms. The maximum Gasteiger partial charge on any atom is 0.357 e. The lowest BCUT2D eigenvalue weighted by Gasteiger charge is -2.31. The summed E-state index contributed by atoms with van der Waals surface area (Å²) < 4.78 is 0. The molecule has 0 spiro atoms. The standard InChI is InChI=1S/C13H19N3O2/c1-9-5-3-6-11(10(9)2)15-13-12(16(17)18)7-4-8-14-13/h4,7-11H,3,5-6H2,1-2H3,(H,14,15)/p+1/t9-,10+,11+/m0/s1. The zero-order valence-electron chi connectivity index (χ0n) is 10.8. The molecule has 0 radical (unpaired) electrons. The van der Waals surface area contributed by atoms with Crippen molar-refractivity contribution in [3.8, 4) is 0 Å². The minimum absolute atomic E-state index is 0.114. The van der Waals surface area contributed by atoms with Crippen LogP contribution in [0.3, 0.4) is 0 Å². The number of nitrogens with one attached hydrogen (secondary N) is 2. The fourth-order valence-electron chi connectivity index (χ4n) is 2.67. The smallest absolute Gasteiger partial charge is 0.266 e. The molecule has 1 aromatic heterocycles. The van der Waals surface area contributed by atoms with Crippen molar-refractivity contribution in [2.75, 3.05) is 5.32 Å². The van der Waals surface area contributed by atoms with Gasteiger partial charge in [-0.25, -0.2) is 4.98 Å². The SMILES string of the molecule is C[C@@H]1[C@@H](C)CCC[C@H]1Nc1[nH+]cccc1[N+](=O)[O-]. The third-order valence-corrected chi connectivity index (χ3v) is 4.07. The van der Waals surface area contributed by atoms with Gasteiger partial charge in [-0.1, -0.05) is 20.3 Å². The van der Waals surface area contributed by atoms with Gasteiger partial charge in [0.25, 0.3) is 0 Å². The minimum Gasteiger partial charge on any atom is -0.266 e. The Labute approximate surface area is 107 Å². The average molecular weight is 250 g/mol. The largest absolute Gasteiger partial charge is 0.357 e. The van der Waals surface area contributed by atoms with Crippen LogP contribution in [0.25, 0.3) is 0 Å². The van der Waals surface area contributed by atoms with Crippen LogP contribution in [0.4, 0.5) is 11.5 Å². The average Bonchev–Trinajstić information content (AvgIpc) is 2.35. The molecular weight excluding hydrogens is 230 g/mol. The third-order valence-electron chi connectivity index (χ3n) is 4.07. The van der Waals surface area contributed by atoms with Gasteiger partial charge in [0.05, 0.1) is 17.2 Å². The first kappa shape index (κ1) is 12.8. The van der Waals surface area contributed by atoms with Crippen molar-refractivity contribution in [3.05, 3.63) is 28.4 Å². The molecule has 5 nitrogen and oxygen atoms in total. The molecule has 1 heterocycles. The second-order valence-electron chi connectivity index (χ2n) is 5.21. The quantitative estimate of drug-likeness (QED) is 0.662. The van der Waals surface area contributed by atoms with Crippen molar-refractivity contribution in [2.45, 2.75) is 39.2 Å². The number of aromatic amines is 1. The van der Waals surface area contributed by atoms with Crippen molar-refractivity contribution in [2.24, 2.45) is 11.8 Å². The van der Waals surface area contributed by atoms with Crippen LogP contribution in [0.1, 0.15) is 33.1 Å². The van der Waals surface area contributed by atoms with Crippen molar-refractivity contribution in [1.82, 2.24) is 0 Å². The van der Waals surface area contributed by atoms with E-state index in [1.165, 1.54) is 18.9 Å². The van der Waals surface area contributed by atoms with Gasteiger partial charge in [0.15, 0.2) is 0 Å². The lowest BCUT2D eigenvalue weighted by molar-refractivity contribution is -0.410. The highest BCUT2D eigenvalue weighted by Crippen LogP contribution is 2.32. The van der Waals surface area contributed by atoms with Crippen LogP contribution in [-0.4, -0.2) is 11.0 Å². The summed E-state index contributed by atoms with van der Waals surface area (Å²) in [4.78, 5) is 13.6. The summed E-state index contributed by atoms with van der Waals surface area (Å²) in [5, 5.41) is 14.3. The zero-order valence-corrected chi connectivity index (χ0v) is 10.8. The summed E-state index contributed by atoms with van der Waals surface area (Å²) in [5.41, 5.74) is 0.114. The van der Waals surface area contributed by atoms with E-state index in [0.717, 1.165) is 6.42 Å². The number of rotatable bonds is 3. The van der Waals surface area contributed by atoms with Crippen molar-refractivity contribution in [3.63, 3.8) is 0 Å². The number of nitrogens with zero attached hydrogens (tertiary/aromatic N) is 1. The first-order valence-electron chi connectivity index (χ1n) is 6.51. The molecule has 0 amide bonds. The second kappa shape index (κ2) is 5.33. The molecule has 5 heteroatoms. The molecule has 0 aromatic carbocycles. The van der Waals surface area contributed by atoms with E-state index in [-0.39, 0.29) is 10.6 Å². The van der Waals surface area contributed by atoms with Crippen LogP contribution in [0.15, 0.2) is 18.3 Å². The Morgan fingerprint density at radius 2 is 2.22 bits per heavy atom. The molecule has 3 atom stereocenters. The van der Waals surface area contributed by atoms with Gasteiger partial charge in [-0.2, -0.15) is 0 Å². The number of hydrogen-bond donors (Lipinski definition) is 1. The fraction of sp³-hybridized carbons (Fsp3) is 0.615. The summed E-state index contributed by atoms with van der Waals surface area (Å²) in [5.74, 6) is 1.72. The monoisotopic (exact) mass is 250 g/mol. The van der Waals surface area contributed by atoms with Gasteiger partial charge in [0, 0.05) is 6.07 Å². The Bertz CT molecular complexity index is 436. The molecular formula is C13H20N3O2+. The van der Waals surface area contributed by atoms with Crippen LogP contribution < -0.4 is 10.3 Å². The molecule has 2 N–H and O–H groups in total. The molecule has 98 valence electrons. The summed E-state index contributed by atoms with van der Waals surface area (Å²) in [6.45, 7) is 4.47. The highest BCUT2D eigenvalue weighted by Gasteiger charge is 2.32. The van der Waals surface area contributed by atoms with Crippen LogP contribution in [-0.2, 0) is 0 Å².